The Hall–Kier alpha value is -1.99. The van der Waals surface area contributed by atoms with Crippen molar-refractivity contribution in [3.05, 3.63) is 35.1 Å². The SMILES string of the molecule is Cc1cc(F)ccc1C1C(=O)NCCN1C(=O)C[C@H]1[C@H](O)C[C@@H]1N. The Labute approximate surface area is 139 Å². The second-order valence-electron chi connectivity index (χ2n) is 6.62. The molecule has 7 heteroatoms. The summed E-state index contributed by atoms with van der Waals surface area (Å²) >= 11 is 0. The van der Waals surface area contributed by atoms with E-state index in [1.54, 1.807) is 13.0 Å². The molecule has 1 saturated heterocycles. The molecule has 2 aliphatic rings. The maximum Gasteiger partial charge on any atom is 0.247 e. The monoisotopic (exact) mass is 335 g/mol. The maximum atomic E-state index is 13.4. The van der Waals surface area contributed by atoms with Gasteiger partial charge in [-0.2, -0.15) is 0 Å². The zero-order valence-corrected chi connectivity index (χ0v) is 13.5. The van der Waals surface area contributed by atoms with E-state index < -0.39 is 12.1 Å². The van der Waals surface area contributed by atoms with E-state index in [2.05, 4.69) is 5.32 Å². The summed E-state index contributed by atoms with van der Waals surface area (Å²) in [5.41, 5.74) is 7.09. The van der Waals surface area contributed by atoms with Gasteiger partial charge in [0, 0.05) is 31.5 Å². The van der Waals surface area contributed by atoms with Gasteiger partial charge in [0.1, 0.15) is 11.9 Å². The van der Waals surface area contributed by atoms with Gasteiger partial charge in [-0.15, -0.1) is 0 Å². The van der Waals surface area contributed by atoms with Crippen LogP contribution in [0, 0.1) is 18.7 Å². The van der Waals surface area contributed by atoms with Gasteiger partial charge in [-0.25, -0.2) is 4.39 Å². The molecule has 1 heterocycles. The van der Waals surface area contributed by atoms with E-state index in [4.69, 9.17) is 5.73 Å². The summed E-state index contributed by atoms with van der Waals surface area (Å²) in [6.45, 7) is 2.47. The number of nitrogens with one attached hydrogen (secondary N) is 1. The highest BCUT2D eigenvalue weighted by atomic mass is 19.1. The molecule has 0 spiro atoms. The predicted octanol–water partition coefficient (Wildman–Crippen LogP) is 0.232. The maximum absolute atomic E-state index is 13.4. The van der Waals surface area contributed by atoms with Gasteiger partial charge in [0.05, 0.1) is 6.10 Å². The number of aryl methyl sites for hydroxylation is 1. The fourth-order valence-electron chi connectivity index (χ4n) is 3.51. The summed E-state index contributed by atoms with van der Waals surface area (Å²) in [6, 6.07) is 3.22. The number of carbonyl (C=O) groups excluding carboxylic acids is 2. The van der Waals surface area contributed by atoms with Crippen LogP contribution in [0.3, 0.4) is 0 Å². The van der Waals surface area contributed by atoms with Crippen molar-refractivity contribution >= 4 is 11.8 Å². The molecule has 24 heavy (non-hydrogen) atoms. The van der Waals surface area contributed by atoms with Crippen LogP contribution < -0.4 is 11.1 Å². The lowest BCUT2D eigenvalue weighted by Gasteiger charge is -2.42. The zero-order valence-electron chi connectivity index (χ0n) is 13.5. The molecule has 1 unspecified atom stereocenters. The number of halogens is 1. The minimum absolute atomic E-state index is 0.117. The molecule has 1 aromatic rings. The molecule has 4 N–H and O–H groups in total. The molecule has 2 amide bonds. The Kier molecular flexibility index (Phi) is 4.56. The summed E-state index contributed by atoms with van der Waals surface area (Å²) < 4.78 is 13.4. The number of nitrogens with two attached hydrogens (primary N) is 1. The lowest BCUT2D eigenvalue weighted by Crippen LogP contribution is -2.56. The van der Waals surface area contributed by atoms with Crippen molar-refractivity contribution in [3.8, 4) is 0 Å². The topological polar surface area (TPSA) is 95.7 Å². The summed E-state index contributed by atoms with van der Waals surface area (Å²) in [4.78, 5) is 26.6. The number of benzene rings is 1. The lowest BCUT2D eigenvalue weighted by molar-refractivity contribution is -0.146. The highest BCUT2D eigenvalue weighted by molar-refractivity contribution is 5.90. The molecule has 4 atom stereocenters. The van der Waals surface area contributed by atoms with Crippen molar-refractivity contribution in [1.29, 1.82) is 0 Å². The standard InChI is InChI=1S/C17H22FN3O3/c1-9-6-10(18)2-3-11(9)16-17(24)20-4-5-21(16)15(23)7-12-13(19)8-14(12)22/h2-3,6,12-14,16,22H,4-5,7-8,19H2,1H3,(H,20,24)/t12-,13+,14-,16?/m1/s1. The molecule has 1 aliphatic heterocycles. The molecule has 130 valence electrons. The molecule has 3 rings (SSSR count). The molecule has 1 aromatic carbocycles. The number of aliphatic hydroxyl groups excluding tert-OH is 1. The number of amides is 2. The fraction of sp³-hybridized carbons (Fsp3) is 0.529. The largest absolute Gasteiger partial charge is 0.393 e. The van der Waals surface area contributed by atoms with Crippen molar-refractivity contribution in [2.75, 3.05) is 13.1 Å². The summed E-state index contributed by atoms with van der Waals surface area (Å²) in [5.74, 6) is -1.13. The minimum Gasteiger partial charge on any atom is -0.393 e. The number of nitrogens with zero attached hydrogens (tertiary/aromatic N) is 1. The van der Waals surface area contributed by atoms with Crippen LogP contribution in [0.5, 0.6) is 0 Å². The molecule has 0 bridgehead atoms. The van der Waals surface area contributed by atoms with Crippen LogP contribution >= 0.6 is 0 Å². The highest BCUT2D eigenvalue weighted by Gasteiger charge is 2.42. The van der Waals surface area contributed by atoms with Gasteiger partial charge >= 0.3 is 0 Å². The van der Waals surface area contributed by atoms with Gasteiger partial charge in [0.25, 0.3) is 0 Å². The Bertz CT molecular complexity index is 658. The van der Waals surface area contributed by atoms with Gasteiger partial charge in [0.2, 0.25) is 11.8 Å². The van der Waals surface area contributed by atoms with Gasteiger partial charge in [-0.05, 0) is 36.6 Å². The number of hydrogen-bond acceptors (Lipinski definition) is 4. The molecular formula is C17H22FN3O3. The van der Waals surface area contributed by atoms with Crippen LogP contribution in [-0.4, -0.2) is 47.1 Å². The first-order chi connectivity index (χ1) is 11.4. The van der Waals surface area contributed by atoms with Crippen LogP contribution in [0.25, 0.3) is 0 Å². The van der Waals surface area contributed by atoms with Crippen molar-refractivity contribution in [3.63, 3.8) is 0 Å². The van der Waals surface area contributed by atoms with Crippen molar-refractivity contribution in [2.24, 2.45) is 11.7 Å². The average Bonchev–Trinajstić information content (AvgIpc) is 2.53. The minimum atomic E-state index is -0.778. The molecule has 1 saturated carbocycles. The number of aliphatic hydroxyl groups is 1. The Balaban J connectivity index is 1.84. The lowest BCUT2D eigenvalue weighted by atomic mass is 9.75. The van der Waals surface area contributed by atoms with E-state index in [-0.39, 0.29) is 36.0 Å². The van der Waals surface area contributed by atoms with Gasteiger partial charge < -0.3 is 21.1 Å². The third-order valence-corrected chi connectivity index (χ3v) is 5.03. The van der Waals surface area contributed by atoms with E-state index in [0.717, 1.165) is 0 Å². The molecule has 0 aromatic heterocycles. The van der Waals surface area contributed by atoms with E-state index in [0.29, 0.717) is 30.6 Å². The van der Waals surface area contributed by atoms with Crippen LogP contribution in [0.15, 0.2) is 18.2 Å². The summed E-state index contributed by atoms with van der Waals surface area (Å²) in [5, 5.41) is 12.5. The number of rotatable bonds is 3. The van der Waals surface area contributed by atoms with Crippen LogP contribution in [0.2, 0.25) is 0 Å². The van der Waals surface area contributed by atoms with Gasteiger partial charge in [-0.1, -0.05) is 6.07 Å². The first-order valence-corrected chi connectivity index (χ1v) is 8.15. The number of carbonyl (C=O) groups is 2. The quantitative estimate of drug-likeness (QED) is 0.737. The number of piperazine rings is 1. The molecule has 2 fully saturated rings. The van der Waals surface area contributed by atoms with Gasteiger partial charge in [0.15, 0.2) is 0 Å². The second-order valence-corrected chi connectivity index (χ2v) is 6.62. The Morgan fingerprint density at radius 2 is 2.25 bits per heavy atom. The Morgan fingerprint density at radius 3 is 2.88 bits per heavy atom. The second kappa shape index (κ2) is 6.49. The molecular weight excluding hydrogens is 313 g/mol. The fourth-order valence-corrected chi connectivity index (χ4v) is 3.51. The van der Waals surface area contributed by atoms with Gasteiger partial charge in [-0.3, -0.25) is 9.59 Å². The van der Waals surface area contributed by atoms with Crippen molar-refractivity contribution < 1.29 is 19.1 Å². The van der Waals surface area contributed by atoms with E-state index >= 15 is 0 Å². The van der Waals surface area contributed by atoms with E-state index in [9.17, 15) is 19.1 Å². The smallest absolute Gasteiger partial charge is 0.247 e. The molecule has 0 radical (unpaired) electrons. The Morgan fingerprint density at radius 1 is 1.50 bits per heavy atom. The summed E-state index contributed by atoms with van der Waals surface area (Å²) in [7, 11) is 0. The van der Waals surface area contributed by atoms with Crippen LogP contribution in [-0.2, 0) is 9.59 Å². The van der Waals surface area contributed by atoms with E-state index in [1.807, 2.05) is 0 Å². The third-order valence-electron chi connectivity index (χ3n) is 5.03. The van der Waals surface area contributed by atoms with Crippen LogP contribution in [0.4, 0.5) is 4.39 Å². The van der Waals surface area contributed by atoms with Crippen molar-refractivity contribution in [2.45, 2.75) is 38.0 Å². The molecule has 6 nitrogen and oxygen atoms in total. The van der Waals surface area contributed by atoms with Crippen molar-refractivity contribution in [1.82, 2.24) is 10.2 Å². The average molecular weight is 335 g/mol. The van der Waals surface area contributed by atoms with E-state index in [1.165, 1.54) is 17.0 Å². The predicted molar refractivity (Wildman–Crippen MR) is 85.3 cm³/mol. The van der Waals surface area contributed by atoms with Crippen LogP contribution in [0.1, 0.15) is 30.0 Å². The highest BCUT2D eigenvalue weighted by Crippen LogP contribution is 2.33. The summed E-state index contributed by atoms with van der Waals surface area (Å²) in [6.07, 6.45) is 0.0549. The first kappa shape index (κ1) is 16.9. The molecule has 1 aliphatic carbocycles. The third kappa shape index (κ3) is 3.01. The first-order valence-electron chi connectivity index (χ1n) is 8.15. The zero-order chi connectivity index (χ0) is 17.4. The normalized spacial score (nSPS) is 29.8. The number of hydrogen-bond donors (Lipinski definition) is 3.